The Hall–Kier alpha value is -2.45. The summed E-state index contributed by atoms with van der Waals surface area (Å²) in [5, 5.41) is 0.0618. The monoisotopic (exact) mass is 402 g/mol. The summed E-state index contributed by atoms with van der Waals surface area (Å²) in [5.74, 6) is 0.544. The highest BCUT2D eigenvalue weighted by Gasteiger charge is 2.29. The minimum atomic E-state index is -3.65. The Balaban J connectivity index is 1.67. The van der Waals surface area contributed by atoms with Gasteiger partial charge in [-0.1, -0.05) is 24.3 Å². The molecule has 2 aromatic rings. The first-order valence-corrected chi connectivity index (χ1v) is 10.8. The normalized spacial score (nSPS) is 16.5. The third-order valence-corrected chi connectivity index (χ3v) is 6.82. The molecule has 0 atom stereocenters. The highest BCUT2D eigenvalue weighted by molar-refractivity contribution is 7.89. The predicted octanol–water partition coefficient (Wildman–Crippen LogP) is 1.97. The van der Waals surface area contributed by atoms with Crippen LogP contribution in [0.4, 0.5) is 0 Å². The van der Waals surface area contributed by atoms with Gasteiger partial charge in [-0.25, -0.2) is 13.4 Å². The quantitative estimate of drug-likeness (QED) is 0.733. The fourth-order valence-electron chi connectivity index (χ4n) is 3.18. The van der Waals surface area contributed by atoms with Crippen LogP contribution in [0, 0.1) is 13.8 Å². The zero-order valence-corrected chi connectivity index (χ0v) is 17.3. The highest BCUT2D eigenvalue weighted by Crippen LogP contribution is 2.17. The van der Waals surface area contributed by atoms with Crippen LogP contribution < -0.4 is 0 Å². The number of aryl methyl sites for hydroxylation is 3. The number of amides is 1. The number of hydrogen-bond acceptors (Lipinski definition) is 4. The van der Waals surface area contributed by atoms with Crippen LogP contribution in [0.2, 0.25) is 0 Å². The minimum absolute atomic E-state index is 0.0618. The van der Waals surface area contributed by atoms with E-state index in [0.29, 0.717) is 31.9 Å². The minimum Gasteiger partial charge on any atom is -0.338 e. The molecule has 0 bridgehead atoms. The fraction of sp³-hybridized carbons (Fsp3) is 0.400. The summed E-state index contributed by atoms with van der Waals surface area (Å²) in [6, 6.07) is 7.86. The topological polar surface area (TPSA) is 75.5 Å². The summed E-state index contributed by atoms with van der Waals surface area (Å²) >= 11 is 0. The van der Waals surface area contributed by atoms with Gasteiger partial charge in [-0.2, -0.15) is 4.31 Å². The van der Waals surface area contributed by atoms with Crippen LogP contribution in [0.5, 0.6) is 0 Å². The van der Waals surface area contributed by atoms with Gasteiger partial charge >= 0.3 is 0 Å². The first kappa shape index (κ1) is 20.3. The van der Waals surface area contributed by atoms with E-state index >= 15 is 0 Å². The molecule has 7 nitrogen and oxygen atoms in total. The lowest BCUT2D eigenvalue weighted by Gasteiger charge is -2.20. The first-order chi connectivity index (χ1) is 13.3. The van der Waals surface area contributed by atoms with Crippen LogP contribution in [-0.4, -0.2) is 59.3 Å². The molecule has 0 N–H and O–H groups in total. The lowest BCUT2D eigenvalue weighted by atomic mass is 10.1. The maximum atomic E-state index is 12.9. The van der Waals surface area contributed by atoms with Crippen LogP contribution in [0.15, 0.2) is 41.6 Å². The molecule has 0 saturated carbocycles. The van der Waals surface area contributed by atoms with Crippen molar-refractivity contribution in [2.24, 2.45) is 7.05 Å². The number of benzene rings is 1. The van der Waals surface area contributed by atoms with E-state index in [4.69, 9.17) is 0 Å². The van der Waals surface area contributed by atoms with Crippen LogP contribution in [0.25, 0.3) is 6.08 Å². The third-order valence-electron chi connectivity index (χ3n) is 5.05. The van der Waals surface area contributed by atoms with E-state index < -0.39 is 10.0 Å². The van der Waals surface area contributed by atoms with Crippen LogP contribution in [-0.2, 0) is 21.9 Å². The van der Waals surface area contributed by atoms with Crippen LogP contribution in [0.3, 0.4) is 0 Å². The van der Waals surface area contributed by atoms with Crippen LogP contribution in [0.1, 0.15) is 23.4 Å². The van der Waals surface area contributed by atoms with Crippen molar-refractivity contribution in [3.05, 3.63) is 53.5 Å². The average molecular weight is 403 g/mol. The maximum absolute atomic E-state index is 12.9. The van der Waals surface area contributed by atoms with E-state index in [1.54, 1.807) is 29.5 Å². The Bertz CT molecular complexity index is 975. The summed E-state index contributed by atoms with van der Waals surface area (Å²) in [6.07, 6.45) is 5.50. The van der Waals surface area contributed by atoms with Gasteiger partial charge in [0.2, 0.25) is 5.91 Å². The van der Waals surface area contributed by atoms with Crippen molar-refractivity contribution < 1.29 is 13.2 Å². The summed E-state index contributed by atoms with van der Waals surface area (Å²) in [4.78, 5) is 18.4. The van der Waals surface area contributed by atoms with Gasteiger partial charge in [-0.05, 0) is 37.5 Å². The van der Waals surface area contributed by atoms with E-state index in [2.05, 4.69) is 4.98 Å². The van der Waals surface area contributed by atoms with E-state index in [0.717, 1.165) is 11.1 Å². The molecular formula is C20H26N4O3S. The Morgan fingerprint density at radius 3 is 2.54 bits per heavy atom. The molecule has 0 aliphatic carbocycles. The molecule has 28 heavy (non-hydrogen) atoms. The van der Waals surface area contributed by atoms with E-state index in [-0.39, 0.29) is 17.5 Å². The Morgan fingerprint density at radius 1 is 1.11 bits per heavy atom. The highest BCUT2D eigenvalue weighted by atomic mass is 32.2. The summed E-state index contributed by atoms with van der Waals surface area (Å²) in [7, 11) is -1.88. The van der Waals surface area contributed by atoms with E-state index in [9.17, 15) is 13.2 Å². The molecule has 150 valence electrons. The zero-order chi connectivity index (χ0) is 20.3. The van der Waals surface area contributed by atoms with Gasteiger partial charge < -0.3 is 9.47 Å². The van der Waals surface area contributed by atoms with Crippen molar-refractivity contribution in [1.82, 2.24) is 18.8 Å². The van der Waals surface area contributed by atoms with Gasteiger partial charge in [0, 0.05) is 45.5 Å². The smallest absolute Gasteiger partial charge is 0.262 e. The summed E-state index contributed by atoms with van der Waals surface area (Å²) < 4.78 is 28.8. The van der Waals surface area contributed by atoms with Crippen molar-refractivity contribution in [1.29, 1.82) is 0 Å². The lowest BCUT2D eigenvalue weighted by molar-refractivity contribution is -0.125. The summed E-state index contributed by atoms with van der Waals surface area (Å²) in [5.41, 5.74) is 2.10. The molecule has 1 aliphatic heterocycles. The van der Waals surface area contributed by atoms with Gasteiger partial charge in [-0.3, -0.25) is 4.79 Å². The summed E-state index contributed by atoms with van der Waals surface area (Å²) in [6.45, 7) is 5.30. The lowest BCUT2D eigenvalue weighted by Crippen LogP contribution is -2.36. The van der Waals surface area contributed by atoms with Gasteiger partial charge in [0.15, 0.2) is 5.03 Å². The molecule has 3 rings (SSSR count). The zero-order valence-electron chi connectivity index (χ0n) is 16.5. The number of aromatic nitrogens is 2. The van der Waals surface area contributed by atoms with Gasteiger partial charge in [0.25, 0.3) is 10.0 Å². The van der Waals surface area contributed by atoms with Crippen LogP contribution >= 0.6 is 0 Å². The molecule has 1 aromatic heterocycles. The van der Waals surface area contributed by atoms with Crippen molar-refractivity contribution in [3.8, 4) is 0 Å². The SMILES string of the molecule is Cc1ccccc1/C=C/C(=O)N1CCCN(S(=O)(=O)c2cn(C)c(C)n2)CC1. The fourth-order valence-corrected chi connectivity index (χ4v) is 4.67. The average Bonchev–Trinajstić information content (AvgIpc) is 2.87. The second-order valence-corrected chi connectivity index (χ2v) is 8.89. The van der Waals surface area contributed by atoms with Crippen molar-refractivity contribution in [2.45, 2.75) is 25.3 Å². The second-order valence-electron chi connectivity index (χ2n) is 7.01. The molecule has 0 unspecified atom stereocenters. The Morgan fingerprint density at radius 2 is 1.86 bits per heavy atom. The van der Waals surface area contributed by atoms with E-state index in [1.165, 1.54) is 10.5 Å². The maximum Gasteiger partial charge on any atom is 0.262 e. The van der Waals surface area contributed by atoms with Gasteiger partial charge in [0.05, 0.1) is 0 Å². The number of sulfonamides is 1. The van der Waals surface area contributed by atoms with Gasteiger partial charge in [0.1, 0.15) is 5.82 Å². The standard InChI is InChI=1S/C20H26N4O3S/c1-16-7-4-5-8-18(16)9-10-20(25)23-11-6-12-24(14-13-23)28(26,27)19-15-22(3)17(2)21-19/h4-5,7-10,15H,6,11-14H2,1-3H3/b10-9+. The predicted molar refractivity (Wildman–Crippen MR) is 108 cm³/mol. The van der Waals surface area contributed by atoms with Crippen molar-refractivity contribution >= 4 is 22.0 Å². The Labute approximate surface area is 166 Å². The molecule has 2 heterocycles. The molecule has 1 amide bonds. The number of imidazole rings is 1. The largest absolute Gasteiger partial charge is 0.338 e. The molecule has 1 aliphatic rings. The molecule has 1 saturated heterocycles. The molecule has 1 fully saturated rings. The molecular weight excluding hydrogens is 376 g/mol. The third kappa shape index (κ3) is 4.34. The van der Waals surface area contributed by atoms with Crippen molar-refractivity contribution in [3.63, 3.8) is 0 Å². The van der Waals surface area contributed by atoms with Gasteiger partial charge in [-0.15, -0.1) is 0 Å². The number of rotatable bonds is 4. The molecule has 8 heteroatoms. The molecule has 1 aromatic carbocycles. The van der Waals surface area contributed by atoms with E-state index in [1.807, 2.05) is 37.3 Å². The van der Waals surface area contributed by atoms with Crippen molar-refractivity contribution in [2.75, 3.05) is 26.2 Å². The molecule has 0 spiro atoms. The second kappa shape index (κ2) is 8.28. The number of carbonyl (C=O) groups excluding carboxylic acids is 1. The Kier molecular flexibility index (Phi) is 6.00. The molecule has 0 radical (unpaired) electrons. The first-order valence-electron chi connectivity index (χ1n) is 9.32. The number of nitrogens with zero attached hydrogens (tertiary/aromatic N) is 4. The number of hydrogen-bond donors (Lipinski definition) is 0. The number of carbonyl (C=O) groups is 1.